The van der Waals surface area contributed by atoms with Gasteiger partial charge in [-0.3, -0.25) is 14.5 Å². The summed E-state index contributed by atoms with van der Waals surface area (Å²) in [6.07, 6.45) is 1.95. The summed E-state index contributed by atoms with van der Waals surface area (Å²) in [6, 6.07) is 10.3. The number of carbonyl (C=O) groups is 3. The second-order valence-electron chi connectivity index (χ2n) is 7.52. The van der Waals surface area contributed by atoms with Crippen molar-refractivity contribution >= 4 is 28.9 Å². The van der Waals surface area contributed by atoms with E-state index >= 15 is 0 Å². The van der Waals surface area contributed by atoms with Gasteiger partial charge in [-0.05, 0) is 57.0 Å². The predicted octanol–water partition coefficient (Wildman–Crippen LogP) is 3.94. The Bertz CT molecular complexity index is 1060. The van der Waals surface area contributed by atoms with E-state index in [0.717, 1.165) is 16.7 Å². The second-order valence-corrected chi connectivity index (χ2v) is 7.52. The van der Waals surface area contributed by atoms with E-state index in [2.05, 4.69) is 0 Å². The van der Waals surface area contributed by atoms with E-state index in [-0.39, 0.29) is 11.3 Å². The molecule has 0 fully saturated rings. The van der Waals surface area contributed by atoms with Crippen molar-refractivity contribution in [1.29, 1.82) is 0 Å². The summed E-state index contributed by atoms with van der Waals surface area (Å²) in [5.41, 5.74) is 3.23. The number of amides is 1. The van der Waals surface area contributed by atoms with Crippen LogP contribution in [0.2, 0.25) is 0 Å². The summed E-state index contributed by atoms with van der Waals surface area (Å²) in [6.45, 7) is 7.55. The molecule has 0 atom stereocenters. The van der Waals surface area contributed by atoms with E-state index in [1.165, 1.54) is 11.0 Å². The number of ether oxygens (including phenoxy) is 1. The van der Waals surface area contributed by atoms with Crippen LogP contribution in [0.15, 0.2) is 42.5 Å². The van der Waals surface area contributed by atoms with E-state index in [1.807, 2.05) is 45.9 Å². The van der Waals surface area contributed by atoms with E-state index in [1.54, 1.807) is 18.2 Å². The Morgan fingerprint density at radius 1 is 1.04 bits per heavy atom. The van der Waals surface area contributed by atoms with Crippen molar-refractivity contribution in [1.82, 2.24) is 0 Å². The molecule has 0 aliphatic carbocycles. The van der Waals surface area contributed by atoms with Crippen LogP contribution in [0.3, 0.4) is 0 Å². The Kier molecular flexibility index (Phi) is 3.60. The van der Waals surface area contributed by atoms with Crippen LogP contribution in [0.25, 0.3) is 5.57 Å². The van der Waals surface area contributed by atoms with E-state index in [9.17, 15) is 14.4 Å². The van der Waals surface area contributed by atoms with Crippen LogP contribution >= 0.6 is 0 Å². The molecule has 0 radical (unpaired) electrons. The zero-order chi connectivity index (χ0) is 19.5. The highest BCUT2D eigenvalue weighted by Gasteiger charge is 2.47. The molecular formula is C22H19NO4. The number of nitrogens with zero attached hydrogens (tertiary/aromatic N) is 1. The Labute approximate surface area is 157 Å². The normalized spacial score (nSPS) is 16.9. The third-order valence-corrected chi connectivity index (χ3v) is 5.10. The van der Waals surface area contributed by atoms with Gasteiger partial charge >= 0.3 is 5.97 Å². The van der Waals surface area contributed by atoms with Crippen LogP contribution < -0.4 is 9.64 Å². The van der Waals surface area contributed by atoms with Gasteiger partial charge in [0.15, 0.2) is 0 Å². The number of ketones is 1. The molecule has 0 unspecified atom stereocenters. The molecule has 0 N–H and O–H groups in total. The number of carbonyl (C=O) groups excluding carboxylic acids is 3. The van der Waals surface area contributed by atoms with E-state index < -0.39 is 23.2 Å². The number of benzene rings is 2. The van der Waals surface area contributed by atoms with Crippen molar-refractivity contribution in [2.24, 2.45) is 0 Å². The molecule has 2 aliphatic heterocycles. The third kappa shape index (κ3) is 2.50. The Morgan fingerprint density at radius 2 is 1.70 bits per heavy atom. The molecule has 136 valence electrons. The SMILES string of the molecule is CC1=CC(C)(C)N2C(=O)C(=O)c3cc(OC(=O)c4ccccc4C)cc1c32. The van der Waals surface area contributed by atoms with Gasteiger partial charge < -0.3 is 4.74 Å². The molecule has 0 bridgehead atoms. The average molecular weight is 361 g/mol. The Morgan fingerprint density at radius 3 is 2.41 bits per heavy atom. The highest BCUT2D eigenvalue weighted by Crippen LogP contribution is 2.46. The van der Waals surface area contributed by atoms with Gasteiger partial charge in [0.05, 0.1) is 22.4 Å². The first-order valence-electron chi connectivity index (χ1n) is 8.75. The number of hydrogen-bond donors (Lipinski definition) is 0. The lowest BCUT2D eigenvalue weighted by Gasteiger charge is -2.38. The molecule has 2 heterocycles. The van der Waals surface area contributed by atoms with Gasteiger partial charge in [0.2, 0.25) is 0 Å². The lowest BCUT2D eigenvalue weighted by molar-refractivity contribution is -0.115. The fourth-order valence-corrected chi connectivity index (χ4v) is 3.89. The van der Waals surface area contributed by atoms with Crippen molar-refractivity contribution in [3.8, 4) is 5.75 Å². The molecule has 0 saturated carbocycles. The molecule has 5 heteroatoms. The first-order chi connectivity index (χ1) is 12.7. The summed E-state index contributed by atoms with van der Waals surface area (Å²) in [5.74, 6) is -1.36. The average Bonchev–Trinajstić information content (AvgIpc) is 2.85. The number of allylic oxidation sites excluding steroid dienone is 1. The molecule has 0 spiro atoms. The third-order valence-electron chi connectivity index (χ3n) is 5.10. The monoisotopic (exact) mass is 361 g/mol. The highest BCUT2D eigenvalue weighted by atomic mass is 16.5. The summed E-state index contributed by atoms with van der Waals surface area (Å²) in [4.78, 5) is 39.2. The maximum absolute atomic E-state index is 12.5. The van der Waals surface area contributed by atoms with Crippen molar-refractivity contribution < 1.29 is 19.1 Å². The number of Topliss-reactive ketones (excluding diaryl/α,β-unsaturated/α-hetero) is 1. The molecule has 2 aromatic rings. The molecule has 27 heavy (non-hydrogen) atoms. The fraction of sp³-hybridized carbons (Fsp3) is 0.227. The lowest BCUT2D eigenvalue weighted by Crippen LogP contribution is -2.47. The maximum Gasteiger partial charge on any atom is 0.343 e. The minimum absolute atomic E-state index is 0.257. The van der Waals surface area contributed by atoms with Gasteiger partial charge in [0, 0.05) is 5.56 Å². The number of aryl methyl sites for hydroxylation is 1. The van der Waals surface area contributed by atoms with E-state index in [4.69, 9.17) is 4.74 Å². The van der Waals surface area contributed by atoms with Crippen molar-refractivity contribution in [3.63, 3.8) is 0 Å². The molecule has 2 aliphatic rings. The molecule has 5 nitrogen and oxygen atoms in total. The summed E-state index contributed by atoms with van der Waals surface area (Å²) in [7, 11) is 0. The highest BCUT2D eigenvalue weighted by molar-refractivity contribution is 6.53. The molecule has 0 saturated heterocycles. The van der Waals surface area contributed by atoms with Crippen LogP contribution in [0.5, 0.6) is 5.75 Å². The van der Waals surface area contributed by atoms with Gasteiger partial charge in [-0.1, -0.05) is 24.3 Å². The molecule has 2 aromatic carbocycles. The van der Waals surface area contributed by atoms with Gasteiger partial charge in [-0.25, -0.2) is 4.79 Å². The van der Waals surface area contributed by atoms with Crippen molar-refractivity contribution in [3.05, 3.63) is 64.7 Å². The van der Waals surface area contributed by atoms with Gasteiger partial charge in [0.25, 0.3) is 11.7 Å². The standard InChI is InChI=1S/C22H19NO4/c1-12-7-5-6-8-15(12)21(26)27-14-9-16-13(2)11-22(3,4)23-18(16)17(10-14)19(24)20(23)25/h5-11H,1-4H3. The first-order valence-corrected chi connectivity index (χ1v) is 8.75. The minimum atomic E-state index is -0.589. The number of hydrogen-bond acceptors (Lipinski definition) is 4. The lowest BCUT2D eigenvalue weighted by atomic mass is 9.89. The zero-order valence-electron chi connectivity index (χ0n) is 15.6. The van der Waals surface area contributed by atoms with Gasteiger partial charge in [-0.2, -0.15) is 0 Å². The van der Waals surface area contributed by atoms with Crippen molar-refractivity contribution in [2.75, 3.05) is 4.90 Å². The number of esters is 1. The maximum atomic E-state index is 12.5. The molecule has 4 rings (SSSR count). The zero-order valence-corrected chi connectivity index (χ0v) is 15.6. The van der Waals surface area contributed by atoms with Crippen LogP contribution in [-0.4, -0.2) is 23.2 Å². The Hall–Kier alpha value is -3.21. The topological polar surface area (TPSA) is 63.7 Å². The molecule has 0 aromatic heterocycles. The Balaban J connectivity index is 1.81. The molecular weight excluding hydrogens is 342 g/mol. The largest absolute Gasteiger partial charge is 0.423 e. The number of rotatable bonds is 2. The number of anilines is 1. The first kappa shape index (κ1) is 17.2. The van der Waals surface area contributed by atoms with Crippen LogP contribution in [0, 0.1) is 6.92 Å². The van der Waals surface area contributed by atoms with E-state index in [0.29, 0.717) is 11.3 Å². The smallest absolute Gasteiger partial charge is 0.343 e. The minimum Gasteiger partial charge on any atom is -0.423 e. The van der Waals surface area contributed by atoms with Crippen molar-refractivity contribution in [2.45, 2.75) is 33.2 Å². The quantitative estimate of drug-likeness (QED) is 0.462. The van der Waals surface area contributed by atoms with Crippen LogP contribution in [-0.2, 0) is 4.79 Å². The predicted molar refractivity (Wildman–Crippen MR) is 102 cm³/mol. The molecule has 1 amide bonds. The summed E-state index contributed by atoms with van der Waals surface area (Å²) >= 11 is 0. The van der Waals surface area contributed by atoms with Crippen LogP contribution in [0.4, 0.5) is 5.69 Å². The summed E-state index contributed by atoms with van der Waals surface area (Å²) < 4.78 is 5.54. The summed E-state index contributed by atoms with van der Waals surface area (Å²) in [5, 5.41) is 0. The van der Waals surface area contributed by atoms with Gasteiger partial charge in [-0.15, -0.1) is 0 Å². The second kappa shape index (κ2) is 5.64. The fourth-order valence-electron chi connectivity index (χ4n) is 3.89. The van der Waals surface area contributed by atoms with Crippen LogP contribution in [0.1, 0.15) is 52.6 Å². The van der Waals surface area contributed by atoms with Gasteiger partial charge in [0.1, 0.15) is 5.75 Å².